The summed E-state index contributed by atoms with van der Waals surface area (Å²) in [4.78, 5) is 24.7. The minimum absolute atomic E-state index is 0.278. The minimum Gasteiger partial charge on any atom is -0.427 e. The van der Waals surface area contributed by atoms with E-state index in [1.165, 1.54) is 11.1 Å². The number of carbonyl (C=O) groups excluding carboxylic acids is 2. The third-order valence-electron chi connectivity index (χ3n) is 6.07. The minimum atomic E-state index is -0.305. The SMILES string of the molecule is COCCc1ccc(CCC(=O)Oc2ccc(OC(=O)CCc3ccc(CCOC)cc3)c(C)c2)cc1. The zero-order valence-corrected chi connectivity index (χ0v) is 22.0. The van der Waals surface area contributed by atoms with E-state index < -0.39 is 0 Å². The number of hydrogen-bond donors (Lipinski definition) is 0. The van der Waals surface area contributed by atoms with Crippen LogP contribution in [-0.2, 0) is 44.7 Å². The van der Waals surface area contributed by atoms with Crippen molar-refractivity contribution in [1.29, 1.82) is 0 Å². The topological polar surface area (TPSA) is 71.1 Å². The molecule has 0 bridgehead atoms. The third kappa shape index (κ3) is 9.83. The molecule has 0 atom stereocenters. The molecule has 3 rings (SSSR count). The predicted molar refractivity (Wildman–Crippen MR) is 143 cm³/mol. The van der Waals surface area contributed by atoms with Crippen molar-refractivity contribution in [3.63, 3.8) is 0 Å². The molecule has 0 saturated heterocycles. The number of carbonyl (C=O) groups is 2. The van der Waals surface area contributed by atoms with Gasteiger partial charge in [0, 0.05) is 27.1 Å². The molecule has 6 nitrogen and oxygen atoms in total. The van der Waals surface area contributed by atoms with E-state index in [2.05, 4.69) is 24.3 Å². The van der Waals surface area contributed by atoms with Crippen molar-refractivity contribution >= 4 is 11.9 Å². The molecular formula is C31H36O6. The first-order valence-corrected chi connectivity index (χ1v) is 12.6. The van der Waals surface area contributed by atoms with E-state index in [9.17, 15) is 9.59 Å². The van der Waals surface area contributed by atoms with Gasteiger partial charge in [0.1, 0.15) is 11.5 Å². The van der Waals surface area contributed by atoms with Crippen LogP contribution in [0.1, 0.15) is 40.7 Å². The standard InChI is InChI=1S/C31H36O6/c1-23-22-28(36-30(32)16-12-24-4-8-26(9-5-24)18-20-34-2)14-15-29(23)37-31(33)17-13-25-6-10-27(11-7-25)19-21-35-3/h4-11,14-15,22H,12-13,16-21H2,1-3H3. The summed E-state index contributed by atoms with van der Waals surface area (Å²) in [6, 6.07) is 21.4. The van der Waals surface area contributed by atoms with Gasteiger partial charge in [-0.25, -0.2) is 0 Å². The first kappa shape index (κ1) is 28.1. The lowest BCUT2D eigenvalue weighted by Crippen LogP contribution is -2.11. The van der Waals surface area contributed by atoms with Gasteiger partial charge >= 0.3 is 11.9 Å². The Kier molecular flexibility index (Phi) is 11.3. The fraction of sp³-hybridized carbons (Fsp3) is 0.355. The summed E-state index contributed by atoms with van der Waals surface area (Å²) in [7, 11) is 3.38. The molecule has 3 aromatic rings. The van der Waals surface area contributed by atoms with Crippen LogP contribution >= 0.6 is 0 Å². The van der Waals surface area contributed by atoms with Crippen molar-refractivity contribution in [3.8, 4) is 11.5 Å². The molecule has 0 N–H and O–H groups in total. The highest BCUT2D eigenvalue weighted by molar-refractivity contribution is 5.74. The Morgan fingerprint density at radius 3 is 1.46 bits per heavy atom. The van der Waals surface area contributed by atoms with Gasteiger partial charge in [-0.15, -0.1) is 0 Å². The highest BCUT2D eigenvalue weighted by Gasteiger charge is 2.11. The largest absolute Gasteiger partial charge is 0.427 e. The van der Waals surface area contributed by atoms with Gasteiger partial charge in [-0.1, -0.05) is 48.5 Å². The maximum atomic E-state index is 12.4. The molecule has 0 unspecified atom stereocenters. The Balaban J connectivity index is 1.42. The van der Waals surface area contributed by atoms with Crippen molar-refractivity contribution < 1.29 is 28.5 Å². The molecule has 0 aliphatic carbocycles. The fourth-order valence-electron chi connectivity index (χ4n) is 3.83. The van der Waals surface area contributed by atoms with Crippen molar-refractivity contribution in [3.05, 3.63) is 94.5 Å². The van der Waals surface area contributed by atoms with E-state index in [-0.39, 0.29) is 24.8 Å². The van der Waals surface area contributed by atoms with Crippen LogP contribution < -0.4 is 9.47 Å². The van der Waals surface area contributed by atoms with E-state index in [1.54, 1.807) is 32.4 Å². The van der Waals surface area contributed by atoms with Crippen molar-refractivity contribution in [1.82, 2.24) is 0 Å². The third-order valence-corrected chi connectivity index (χ3v) is 6.07. The lowest BCUT2D eigenvalue weighted by molar-refractivity contribution is -0.135. The van der Waals surface area contributed by atoms with E-state index in [0.29, 0.717) is 37.6 Å². The second kappa shape index (κ2) is 14.9. The van der Waals surface area contributed by atoms with Crippen molar-refractivity contribution in [2.75, 3.05) is 27.4 Å². The van der Waals surface area contributed by atoms with Gasteiger partial charge in [0.25, 0.3) is 0 Å². The van der Waals surface area contributed by atoms with Crippen molar-refractivity contribution in [2.24, 2.45) is 0 Å². The van der Waals surface area contributed by atoms with Crippen LogP contribution in [0, 0.1) is 6.92 Å². The Labute approximate surface area is 219 Å². The molecule has 0 aliphatic rings. The van der Waals surface area contributed by atoms with Gasteiger partial charge in [0.15, 0.2) is 0 Å². The van der Waals surface area contributed by atoms with Crippen LogP contribution in [0.2, 0.25) is 0 Å². The average Bonchev–Trinajstić information content (AvgIpc) is 2.91. The van der Waals surface area contributed by atoms with Gasteiger partial charge in [-0.3, -0.25) is 9.59 Å². The molecule has 0 aromatic heterocycles. The monoisotopic (exact) mass is 504 g/mol. The number of methoxy groups -OCH3 is 2. The highest BCUT2D eigenvalue weighted by atomic mass is 16.5. The average molecular weight is 505 g/mol. The van der Waals surface area contributed by atoms with Gasteiger partial charge in [0.05, 0.1) is 13.2 Å². The van der Waals surface area contributed by atoms with Gasteiger partial charge in [-0.2, -0.15) is 0 Å². The summed E-state index contributed by atoms with van der Waals surface area (Å²) < 4.78 is 21.2. The molecule has 0 aliphatic heterocycles. The molecule has 0 fully saturated rings. The zero-order valence-electron chi connectivity index (χ0n) is 22.0. The quantitative estimate of drug-likeness (QED) is 0.215. The first-order chi connectivity index (χ1) is 18.0. The van der Waals surface area contributed by atoms with E-state index in [4.69, 9.17) is 18.9 Å². The summed E-state index contributed by atoms with van der Waals surface area (Å²) in [6.45, 7) is 3.20. The molecule has 0 saturated carbocycles. The zero-order chi connectivity index (χ0) is 26.5. The molecule has 0 spiro atoms. The first-order valence-electron chi connectivity index (χ1n) is 12.6. The second-order valence-electron chi connectivity index (χ2n) is 8.99. The number of rotatable bonds is 14. The number of esters is 2. The van der Waals surface area contributed by atoms with Crippen molar-refractivity contribution in [2.45, 2.75) is 45.4 Å². The molecule has 37 heavy (non-hydrogen) atoms. The van der Waals surface area contributed by atoms with Gasteiger partial charge in [0.2, 0.25) is 0 Å². The predicted octanol–water partition coefficient (Wildman–Crippen LogP) is 5.45. The van der Waals surface area contributed by atoms with E-state index in [0.717, 1.165) is 29.5 Å². The van der Waals surface area contributed by atoms with Crippen LogP contribution in [0.4, 0.5) is 0 Å². The maximum Gasteiger partial charge on any atom is 0.311 e. The summed E-state index contributed by atoms with van der Waals surface area (Å²) in [5, 5.41) is 0. The number of benzene rings is 3. The Bertz CT molecular complexity index is 1140. The number of ether oxygens (including phenoxy) is 4. The number of aryl methyl sites for hydroxylation is 3. The molecule has 3 aromatic carbocycles. The Morgan fingerprint density at radius 2 is 1.03 bits per heavy atom. The van der Waals surface area contributed by atoms with Gasteiger partial charge in [-0.05, 0) is 78.6 Å². The summed E-state index contributed by atoms with van der Waals surface area (Å²) in [6.07, 6.45) is 3.50. The summed E-state index contributed by atoms with van der Waals surface area (Å²) in [5.74, 6) is 0.296. The van der Waals surface area contributed by atoms with Crippen LogP contribution in [0.5, 0.6) is 11.5 Å². The molecule has 0 heterocycles. The lowest BCUT2D eigenvalue weighted by atomic mass is 10.1. The van der Waals surface area contributed by atoms with Crippen LogP contribution in [0.25, 0.3) is 0 Å². The summed E-state index contributed by atoms with van der Waals surface area (Å²) in [5.41, 5.74) is 5.30. The smallest absolute Gasteiger partial charge is 0.311 e. The van der Waals surface area contributed by atoms with Gasteiger partial charge < -0.3 is 18.9 Å². The lowest BCUT2D eigenvalue weighted by Gasteiger charge is -2.10. The number of hydrogen-bond acceptors (Lipinski definition) is 6. The van der Waals surface area contributed by atoms with Crippen LogP contribution in [-0.4, -0.2) is 39.4 Å². The maximum absolute atomic E-state index is 12.4. The van der Waals surface area contributed by atoms with E-state index >= 15 is 0 Å². The molecule has 6 heteroatoms. The summed E-state index contributed by atoms with van der Waals surface area (Å²) >= 11 is 0. The van der Waals surface area contributed by atoms with Crippen LogP contribution in [0.15, 0.2) is 66.7 Å². The fourth-order valence-corrected chi connectivity index (χ4v) is 3.83. The van der Waals surface area contributed by atoms with E-state index in [1.807, 2.05) is 31.2 Å². The second-order valence-corrected chi connectivity index (χ2v) is 8.99. The highest BCUT2D eigenvalue weighted by Crippen LogP contribution is 2.24. The Hall–Kier alpha value is -3.48. The molecular weight excluding hydrogens is 468 g/mol. The normalized spacial score (nSPS) is 10.8. The molecule has 0 radical (unpaired) electrons. The van der Waals surface area contributed by atoms with Crippen LogP contribution in [0.3, 0.4) is 0 Å². The Morgan fingerprint density at radius 1 is 0.595 bits per heavy atom. The molecule has 0 amide bonds. The molecule has 196 valence electrons.